The number of hydrogen-bond acceptors (Lipinski definition) is 6. The zero-order chi connectivity index (χ0) is 13.3. The molecule has 1 unspecified atom stereocenters. The molecule has 1 aliphatic heterocycles. The van der Waals surface area contributed by atoms with Crippen molar-refractivity contribution >= 4 is 0 Å². The summed E-state index contributed by atoms with van der Waals surface area (Å²) in [5.74, 6) is 1.90. The quantitative estimate of drug-likeness (QED) is 0.906. The lowest BCUT2D eigenvalue weighted by Gasteiger charge is -2.22. The molecule has 19 heavy (non-hydrogen) atoms. The minimum Gasteiger partial charge on any atom is -0.337 e. The molecule has 0 radical (unpaired) electrons. The van der Waals surface area contributed by atoms with Crippen molar-refractivity contribution in [1.29, 1.82) is 0 Å². The highest BCUT2D eigenvalue weighted by Gasteiger charge is 2.39. The first-order valence-corrected chi connectivity index (χ1v) is 6.63. The number of nitrogens with zero attached hydrogens (tertiary/aromatic N) is 4. The molecular weight excluding hydrogens is 242 g/mol. The molecule has 6 nitrogen and oxygen atoms in total. The van der Waals surface area contributed by atoms with E-state index in [1.54, 1.807) is 12.3 Å². The lowest BCUT2D eigenvalue weighted by Crippen LogP contribution is -2.36. The Morgan fingerprint density at radius 3 is 3.00 bits per heavy atom. The smallest absolute Gasteiger partial charge is 0.247 e. The zero-order valence-electron chi connectivity index (χ0n) is 11.2. The standard InChI is InChI=1S/C13H17N5O/c1-3-13(6-4-7-15-13)12-17-11(18-19-12)10-5-8-14-9(2)16-10/h5,8,15H,3-4,6-7H2,1-2H3. The number of rotatable bonds is 3. The molecule has 1 N–H and O–H groups in total. The first-order chi connectivity index (χ1) is 9.23. The Hall–Kier alpha value is -1.82. The monoisotopic (exact) mass is 259 g/mol. The zero-order valence-corrected chi connectivity index (χ0v) is 11.2. The Labute approximate surface area is 111 Å². The van der Waals surface area contributed by atoms with Crippen LogP contribution in [0.1, 0.15) is 37.9 Å². The molecule has 100 valence electrons. The van der Waals surface area contributed by atoms with Gasteiger partial charge < -0.3 is 9.84 Å². The Morgan fingerprint density at radius 2 is 2.32 bits per heavy atom. The Bertz CT molecular complexity index is 574. The van der Waals surface area contributed by atoms with Crippen LogP contribution >= 0.6 is 0 Å². The Balaban J connectivity index is 1.95. The average molecular weight is 259 g/mol. The van der Waals surface area contributed by atoms with Gasteiger partial charge in [0.25, 0.3) is 0 Å². The lowest BCUT2D eigenvalue weighted by molar-refractivity contribution is 0.250. The van der Waals surface area contributed by atoms with Gasteiger partial charge in [-0.2, -0.15) is 4.98 Å². The van der Waals surface area contributed by atoms with Gasteiger partial charge in [-0.25, -0.2) is 9.97 Å². The Morgan fingerprint density at radius 1 is 1.42 bits per heavy atom. The first-order valence-electron chi connectivity index (χ1n) is 6.63. The van der Waals surface area contributed by atoms with E-state index < -0.39 is 0 Å². The topological polar surface area (TPSA) is 76.7 Å². The van der Waals surface area contributed by atoms with Crippen molar-refractivity contribution in [2.24, 2.45) is 0 Å². The summed E-state index contributed by atoms with van der Waals surface area (Å²) in [5.41, 5.74) is 0.541. The highest BCUT2D eigenvalue weighted by atomic mass is 16.5. The molecule has 0 aromatic carbocycles. The van der Waals surface area contributed by atoms with Gasteiger partial charge in [-0.05, 0) is 38.8 Å². The summed E-state index contributed by atoms with van der Waals surface area (Å²) in [6, 6.07) is 1.79. The van der Waals surface area contributed by atoms with E-state index in [4.69, 9.17) is 4.52 Å². The number of hydrogen-bond donors (Lipinski definition) is 1. The molecule has 3 rings (SSSR count). The van der Waals surface area contributed by atoms with Gasteiger partial charge in [0.05, 0.1) is 5.54 Å². The summed E-state index contributed by atoms with van der Waals surface area (Å²) in [7, 11) is 0. The van der Waals surface area contributed by atoms with Crippen LogP contribution in [0.4, 0.5) is 0 Å². The van der Waals surface area contributed by atoms with Gasteiger partial charge in [0.1, 0.15) is 11.5 Å². The second-order valence-electron chi connectivity index (χ2n) is 4.88. The minimum absolute atomic E-state index is 0.159. The first kappa shape index (κ1) is 12.2. The predicted molar refractivity (Wildman–Crippen MR) is 69.3 cm³/mol. The van der Waals surface area contributed by atoms with E-state index >= 15 is 0 Å². The largest absolute Gasteiger partial charge is 0.337 e. The normalized spacial score (nSPS) is 22.8. The summed E-state index contributed by atoms with van der Waals surface area (Å²) >= 11 is 0. The molecule has 0 spiro atoms. The molecule has 6 heteroatoms. The summed E-state index contributed by atoms with van der Waals surface area (Å²) in [4.78, 5) is 12.9. The summed E-state index contributed by atoms with van der Waals surface area (Å²) in [5, 5.41) is 7.53. The van der Waals surface area contributed by atoms with Crippen molar-refractivity contribution in [1.82, 2.24) is 25.4 Å². The fourth-order valence-corrected chi connectivity index (χ4v) is 2.54. The van der Waals surface area contributed by atoms with Gasteiger partial charge in [-0.15, -0.1) is 0 Å². The predicted octanol–water partition coefficient (Wildman–Crippen LogP) is 1.82. The van der Waals surface area contributed by atoms with Crippen molar-refractivity contribution < 1.29 is 4.52 Å². The van der Waals surface area contributed by atoms with Crippen LogP contribution in [0.2, 0.25) is 0 Å². The molecule has 1 atom stereocenters. The highest BCUT2D eigenvalue weighted by Crippen LogP contribution is 2.33. The van der Waals surface area contributed by atoms with E-state index in [0.717, 1.165) is 25.8 Å². The minimum atomic E-state index is -0.159. The van der Waals surface area contributed by atoms with Gasteiger partial charge in [0, 0.05) is 6.20 Å². The van der Waals surface area contributed by atoms with Crippen LogP contribution in [0.3, 0.4) is 0 Å². The number of nitrogens with one attached hydrogen (secondary N) is 1. The molecule has 2 aromatic rings. The maximum atomic E-state index is 5.45. The molecule has 1 saturated heterocycles. The van der Waals surface area contributed by atoms with E-state index in [2.05, 4.69) is 32.3 Å². The van der Waals surface area contributed by atoms with Crippen LogP contribution in [-0.4, -0.2) is 26.7 Å². The molecule has 3 heterocycles. The van der Waals surface area contributed by atoms with Gasteiger partial charge in [0.15, 0.2) is 0 Å². The van der Waals surface area contributed by atoms with Gasteiger partial charge >= 0.3 is 0 Å². The third-order valence-corrected chi connectivity index (χ3v) is 3.69. The number of aryl methyl sites for hydroxylation is 1. The third-order valence-electron chi connectivity index (χ3n) is 3.69. The fraction of sp³-hybridized carbons (Fsp3) is 0.538. The van der Waals surface area contributed by atoms with E-state index in [1.165, 1.54) is 0 Å². The van der Waals surface area contributed by atoms with Crippen LogP contribution in [0, 0.1) is 6.92 Å². The molecule has 1 fully saturated rings. The van der Waals surface area contributed by atoms with Crippen molar-refractivity contribution in [2.75, 3.05) is 6.54 Å². The van der Waals surface area contributed by atoms with Crippen molar-refractivity contribution in [2.45, 2.75) is 38.6 Å². The Kier molecular flexibility index (Phi) is 3.02. The van der Waals surface area contributed by atoms with Crippen molar-refractivity contribution in [3.63, 3.8) is 0 Å². The van der Waals surface area contributed by atoms with E-state index in [1.807, 2.05) is 6.92 Å². The maximum Gasteiger partial charge on any atom is 0.247 e. The van der Waals surface area contributed by atoms with Crippen LogP contribution in [0.25, 0.3) is 11.5 Å². The van der Waals surface area contributed by atoms with Gasteiger partial charge in [-0.3, -0.25) is 0 Å². The summed E-state index contributed by atoms with van der Waals surface area (Å²) < 4.78 is 5.45. The van der Waals surface area contributed by atoms with Crippen molar-refractivity contribution in [3.05, 3.63) is 24.0 Å². The molecule has 0 amide bonds. The van der Waals surface area contributed by atoms with Crippen LogP contribution < -0.4 is 5.32 Å². The van der Waals surface area contributed by atoms with Crippen molar-refractivity contribution in [3.8, 4) is 11.5 Å². The van der Waals surface area contributed by atoms with E-state index in [0.29, 0.717) is 23.2 Å². The maximum absolute atomic E-state index is 5.45. The second-order valence-corrected chi connectivity index (χ2v) is 4.88. The van der Waals surface area contributed by atoms with E-state index in [9.17, 15) is 0 Å². The molecule has 2 aromatic heterocycles. The molecular formula is C13H17N5O. The lowest BCUT2D eigenvalue weighted by atomic mass is 9.94. The molecule has 0 bridgehead atoms. The average Bonchev–Trinajstić information content (AvgIpc) is 3.08. The summed E-state index contributed by atoms with van der Waals surface area (Å²) in [6.07, 6.45) is 4.82. The fourth-order valence-electron chi connectivity index (χ4n) is 2.54. The van der Waals surface area contributed by atoms with Gasteiger partial charge in [0.2, 0.25) is 11.7 Å². The van der Waals surface area contributed by atoms with Crippen LogP contribution in [0.15, 0.2) is 16.8 Å². The second kappa shape index (κ2) is 4.70. The molecule has 0 saturated carbocycles. The third kappa shape index (κ3) is 2.12. The van der Waals surface area contributed by atoms with Gasteiger partial charge in [-0.1, -0.05) is 12.1 Å². The van der Waals surface area contributed by atoms with E-state index in [-0.39, 0.29) is 5.54 Å². The molecule has 1 aliphatic rings. The number of aromatic nitrogens is 4. The molecule has 0 aliphatic carbocycles. The summed E-state index contributed by atoms with van der Waals surface area (Å²) in [6.45, 7) is 4.98. The van der Waals surface area contributed by atoms with Crippen LogP contribution in [0.5, 0.6) is 0 Å². The highest BCUT2D eigenvalue weighted by molar-refractivity contribution is 5.47. The SMILES string of the molecule is CCC1(c2nc(-c3ccnc(C)n3)no2)CCCN1. The van der Waals surface area contributed by atoms with Crippen LogP contribution in [-0.2, 0) is 5.54 Å².